The molecule has 0 radical (unpaired) electrons. The number of Topliss-reactive ketones (excluding diaryl/α,β-unsaturated/α-hetero) is 1. The van der Waals surface area contributed by atoms with Gasteiger partial charge in [0.05, 0.1) is 11.6 Å². The number of ketones is 1. The summed E-state index contributed by atoms with van der Waals surface area (Å²) in [5, 5.41) is 15.9. The monoisotopic (exact) mass is 469 g/mol. The third-order valence-corrected chi connectivity index (χ3v) is 5.78. The number of nitrogens with zero attached hydrogens (tertiary/aromatic N) is 3. The summed E-state index contributed by atoms with van der Waals surface area (Å²) in [5.41, 5.74) is 0.932. The summed E-state index contributed by atoms with van der Waals surface area (Å²) in [6, 6.07) is 12.0. The van der Waals surface area contributed by atoms with Crippen molar-refractivity contribution in [2.24, 2.45) is 5.18 Å². The van der Waals surface area contributed by atoms with Crippen LogP contribution in [0.4, 0.5) is 10.8 Å². The number of aliphatic hydroxyl groups excluding tert-OH is 1. The maximum atomic E-state index is 12.9. The highest BCUT2D eigenvalue weighted by Crippen LogP contribution is 2.43. The lowest BCUT2D eigenvalue weighted by Crippen LogP contribution is -2.29. The van der Waals surface area contributed by atoms with Gasteiger partial charge in [0.25, 0.3) is 5.78 Å². The molecule has 1 aromatic heterocycles. The maximum Gasteiger partial charge on any atom is 0.301 e. The summed E-state index contributed by atoms with van der Waals surface area (Å²) in [4.78, 5) is 42.2. The van der Waals surface area contributed by atoms with Crippen LogP contribution in [0.3, 0.4) is 0 Å². The second-order valence-corrected chi connectivity index (χ2v) is 7.97. The van der Waals surface area contributed by atoms with E-state index < -0.39 is 17.7 Å². The Kier molecular flexibility index (Phi) is 5.08. The lowest BCUT2D eigenvalue weighted by molar-refractivity contribution is -0.132. The van der Waals surface area contributed by atoms with E-state index in [1.54, 1.807) is 41.8 Å². The SMILES string of the molecule is O=Nc1cccc(C2C(=C(O)c3ccc(Br)cc3)C(=O)C(=O)N2c2nccs2)c1. The topological polar surface area (TPSA) is 99.9 Å². The predicted molar refractivity (Wildman–Crippen MR) is 113 cm³/mol. The van der Waals surface area contributed by atoms with Gasteiger partial charge in [0.15, 0.2) is 5.13 Å². The van der Waals surface area contributed by atoms with Crippen LogP contribution in [-0.4, -0.2) is 21.8 Å². The molecule has 1 saturated heterocycles. The highest BCUT2D eigenvalue weighted by molar-refractivity contribution is 9.10. The van der Waals surface area contributed by atoms with Crippen molar-refractivity contribution in [3.63, 3.8) is 0 Å². The van der Waals surface area contributed by atoms with Gasteiger partial charge in [0.2, 0.25) is 0 Å². The Balaban J connectivity index is 1.95. The number of nitroso groups, excluding NO2 is 1. The zero-order chi connectivity index (χ0) is 20.5. The Bertz CT molecular complexity index is 1140. The molecule has 2 aromatic carbocycles. The fraction of sp³-hybridized carbons (Fsp3) is 0.0500. The van der Waals surface area contributed by atoms with Gasteiger partial charge in [0, 0.05) is 21.6 Å². The molecule has 1 atom stereocenters. The number of rotatable bonds is 4. The Morgan fingerprint density at radius 3 is 2.59 bits per heavy atom. The van der Waals surface area contributed by atoms with Crippen LogP contribution < -0.4 is 4.90 Å². The molecule has 144 valence electrons. The lowest BCUT2D eigenvalue weighted by atomic mass is 9.95. The average Bonchev–Trinajstić information content (AvgIpc) is 3.35. The summed E-state index contributed by atoms with van der Waals surface area (Å²) in [5.74, 6) is -1.92. The van der Waals surface area contributed by atoms with E-state index in [1.165, 1.54) is 34.6 Å². The highest BCUT2D eigenvalue weighted by atomic mass is 79.9. The van der Waals surface area contributed by atoms with E-state index in [1.807, 2.05) is 0 Å². The van der Waals surface area contributed by atoms with Crippen molar-refractivity contribution in [1.29, 1.82) is 0 Å². The first-order valence-electron chi connectivity index (χ1n) is 8.41. The summed E-state index contributed by atoms with van der Waals surface area (Å²) in [7, 11) is 0. The molecule has 1 N–H and O–H groups in total. The summed E-state index contributed by atoms with van der Waals surface area (Å²) >= 11 is 4.52. The second kappa shape index (κ2) is 7.69. The molecule has 0 saturated carbocycles. The number of benzene rings is 2. The van der Waals surface area contributed by atoms with Gasteiger partial charge in [-0.05, 0) is 35.0 Å². The van der Waals surface area contributed by atoms with Gasteiger partial charge < -0.3 is 5.11 Å². The molecule has 1 fully saturated rings. The number of carbonyl (C=O) groups excluding carboxylic acids is 2. The van der Waals surface area contributed by atoms with Crippen molar-refractivity contribution in [2.45, 2.75) is 6.04 Å². The van der Waals surface area contributed by atoms with Gasteiger partial charge in [-0.15, -0.1) is 16.2 Å². The van der Waals surface area contributed by atoms with Crippen LogP contribution in [0.1, 0.15) is 17.2 Å². The fourth-order valence-electron chi connectivity index (χ4n) is 3.20. The first-order valence-corrected chi connectivity index (χ1v) is 10.1. The van der Waals surface area contributed by atoms with Crippen molar-refractivity contribution in [2.75, 3.05) is 4.90 Å². The van der Waals surface area contributed by atoms with E-state index in [0.717, 1.165) is 4.47 Å². The highest BCUT2D eigenvalue weighted by Gasteiger charge is 2.48. The molecule has 0 spiro atoms. The number of hydrogen-bond acceptors (Lipinski definition) is 7. The van der Waals surface area contributed by atoms with Gasteiger partial charge in [0.1, 0.15) is 11.4 Å². The number of amides is 1. The van der Waals surface area contributed by atoms with Crippen molar-refractivity contribution in [3.8, 4) is 0 Å². The molecule has 3 aromatic rings. The fourth-order valence-corrected chi connectivity index (χ4v) is 4.13. The number of thiazole rings is 1. The molecule has 1 aliphatic rings. The Hall–Kier alpha value is -3.17. The number of anilines is 1. The predicted octanol–water partition coefficient (Wildman–Crippen LogP) is 4.93. The van der Waals surface area contributed by atoms with Crippen LogP contribution in [0.5, 0.6) is 0 Å². The number of halogens is 1. The number of aliphatic hydroxyl groups is 1. The van der Waals surface area contributed by atoms with Crippen molar-refractivity contribution in [3.05, 3.63) is 86.2 Å². The number of aromatic nitrogens is 1. The van der Waals surface area contributed by atoms with Crippen LogP contribution in [0, 0.1) is 4.91 Å². The maximum absolute atomic E-state index is 12.9. The van der Waals surface area contributed by atoms with E-state index in [-0.39, 0.29) is 17.0 Å². The normalized spacial score (nSPS) is 18.2. The summed E-state index contributed by atoms with van der Waals surface area (Å²) in [6.07, 6.45) is 1.52. The van der Waals surface area contributed by atoms with Crippen molar-refractivity contribution >= 4 is 55.5 Å². The lowest BCUT2D eigenvalue weighted by Gasteiger charge is -2.23. The van der Waals surface area contributed by atoms with Crippen LogP contribution >= 0.6 is 27.3 Å². The molecule has 1 amide bonds. The smallest absolute Gasteiger partial charge is 0.301 e. The standard InChI is InChI=1S/C20H12BrN3O4S/c21-13-6-4-11(5-7-13)17(25)15-16(12-2-1-3-14(10-12)23-28)24(19(27)18(15)26)20-22-8-9-29-20/h1-10,16,25H. The van der Waals surface area contributed by atoms with E-state index in [9.17, 15) is 19.6 Å². The average molecular weight is 470 g/mol. The van der Waals surface area contributed by atoms with Crippen LogP contribution in [0.25, 0.3) is 5.76 Å². The van der Waals surface area contributed by atoms with Crippen LogP contribution in [0.15, 0.2) is 75.3 Å². The first-order chi connectivity index (χ1) is 14.0. The van der Waals surface area contributed by atoms with E-state index in [2.05, 4.69) is 26.1 Å². The zero-order valence-corrected chi connectivity index (χ0v) is 17.1. The van der Waals surface area contributed by atoms with Gasteiger partial charge in [-0.2, -0.15) is 0 Å². The van der Waals surface area contributed by atoms with Crippen LogP contribution in [-0.2, 0) is 9.59 Å². The summed E-state index contributed by atoms with van der Waals surface area (Å²) < 4.78 is 0.804. The van der Waals surface area contributed by atoms with E-state index in [0.29, 0.717) is 16.3 Å². The van der Waals surface area contributed by atoms with Gasteiger partial charge >= 0.3 is 5.91 Å². The summed E-state index contributed by atoms with van der Waals surface area (Å²) in [6.45, 7) is 0. The van der Waals surface area contributed by atoms with E-state index >= 15 is 0 Å². The molecule has 1 aliphatic heterocycles. The molecule has 1 unspecified atom stereocenters. The second-order valence-electron chi connectivity index (χ2n) is 6.18. The Morgan fingerprint density at radius 1 is 1.17 bits per heavy atom. The molecule has 2 heterocycles. The minimum atomic E-state index is -0.938. The molecule has 4 rings (SSSR count). The molecule has 29 heavy (non-hydrogen) atoms. The van der Waals surface area contributed by atoms with Crippen molar-refractivity contribution < 1.29 is 14.7 Å². The molecular weight excluding hydrogens is 458 g/mol. The number of carbonyl (C=O) groups is 2. The molecule has 9 heteroatoms. The Morgan fingerprint density at radius 2 is 1.93 bits per heavy atom. The van der Waals surface area contributed by atoms with Crippen LogP contribution in [0.2, 0.25) is 0 Å². The molecule has 7 nitrogen and oxygen atoms in total. The number of hydrogen-bond donors (Lipinski definition) is 1. The first kappa shape index (κ1) is 19.2. The third-order valence-electron chi connectivity index (χ3n) is 4.48. The van der Waals surface area contributed by atoms with Gasteiger partial charge in [-0.1, -0.05) is 40.2 Å². The molecular formula is C20H12BrN3O4S. The van der Waals surface area contributed by atoms with E-state index in [4.69, 9.17) is 0 Å². The Labute approximate surface area is 177 Å². The minimum Gasteiger partial charge on any atom is -0.507 e. The van der Waals surface area contributed by atoms with Crippen molar-refractivity contribution in [1.82, 2.24) is 4.98 Å². The third kappa shape index (κ3) is 3.39. The van der Waals surface area contributed by atoms with Gasteiger partial charge in [-0.25, -0.2) is 4.98 Å². The largest absolute Gasteiger partial charge is 0.507 e. The molecule has 0 aliphatic carbocycles. The van der Waals surface area contributed by atoms with Gasteiger partial charge in [-0.3, -0.25) is 14.5 Å². The minimum absolute atomic E-state index is 0.0735. The molecule has 0 bridgehead atoms. The zero-order valence-electron chi connectivity index (χ0n) is 14.7. The quantitative estimate of drug-likeness (QED) is 0.252.